The minimum atomic E-state index is -0.287. The summed E-state index contributed by atoms with van der Waals surface area (Å²) in [5, 5.41) is 6.61. The van der Waals surface area contributed by atoms with E-state index in [0.29, 0.717) is 35.5 Å². The molecule has 1 N–H and O–H groups in total. The third-order valence-electron chi connectivity index (χ3n) is 3.19. The van der Waals surface area contributed by atoms with Gasteiger partial charge in [-0.05, 0) is 51.5 Å². The first-order valence-electron chi connectivity index (χ1n) is 8.84. The van der Waals surface area contributed by atoms with Crippen molar-refractivity contribution < 1.29 is 19.0 Å². The van der Waals surface area contributed by atoms with Crippen LogP contribution in [0.4, 0.5) is 5.13 Å². The Labute approximate surface area is 163 Å². The second-order valence-corrected chi connectivity index (χ2v) is 6.66. The number of hydrogen-bond acceptors (Lipinski definition) is 8. The summed E-state index contributed by atoms with van der Waals surface area (Å²) < 4.78 is 16.3. The van der Waals surface area contributed by atoms with Gasteiger partial charge in [-0.25, -0.2) is 4.98 Å². The molecule has 7 nitrogen and oxygen atoms in total. The van der Waals surface area contributed by atoms with Gasteiger partial charge >= 0.3 is 5.97 Å². The molecule has 0 saturated carbocycles. The van der Waals surface area contributed by atoms with Crippen LogP contribution in [0.5, 0.6) is 11.5 Å². The molecule has 146 valence electrons. The molecule has 27 heavy (non-hydrogen) atoms. The number of anilines is 1. The molecule has 0 amide bonds. The van der Waals surface area contributed by atoms with Crippen molar-refractivity contribution in [3.63, 3.8) is 0 Å². The maximum atomic E-state index is 11.5. The molecule has 0 atom stereocenters. The average Bonchev–Trinajstić information content (AvgIpc) is 3.04. The predicted octanol–water partition coefficient (Wildman–Crippen LogP) is 3.88. The van der Waals surface area contributed by atoms with Gasteiger partial charge < -0.3 is 14.2 Å². The van der Waals surface area contributed by atoms with Crippen LogP contribution in [0.15, 0.2) is 28.7 Å². The molecule has 0 unspecified atom stereocenters. The smallest absolute Gasteiger partial charge is 0.311 e. The van der Waals surface area contributed by atoms with Crippen LogP contribution in [0.1, 0.15) is 39.0 Å². The van der Waals surface area contributed by atoms with E-state index in [2.05, 4.69) is 15.5 Å². The predicted molar refractivity (Wildman–Crippen MR) is 107 cm³/mol. The second kappa shape index (κ2) is 10.5. The van der Waals surface area contributed by atoms with Gasteiger partial charge in [-0.2, -0.15) is 5.10 Å². The molecule has 8 heteroatoms. The van der Waals surface area contributed by atoms with Crippen LogP contribution in [-0.4, -0.2) is 36.5 Å². The third kappa shape index (κ3) is 6.90. The number of carbonyl (C=O) groups excluding carboxylic acids is 1. The molecule has 1 aromatic heterocycles. The van der Waals surface area contributed by atoms with E-state index >= 15 is 0 Å². The Balaban J connectivity index is 1.98. The van der Waals surface area contributed by atoms with Crippen molar-refractivity contribution in [1.82, 2.24) is 4.98 Å². The molecule has 0 bridgehead atoms. The SMILES string of the molecule is CCOC(=O)Cc1csc(N/N=C\c2ccc(OC(C)C)c(OCC)c2)n1. The third-order valence-corrected chi connectivity index (χ3v) is 3.98. The quantitative estimate of drug-likeness (QED) is 0.376. The first-order valence-corrected chi connectivity index (χ1v) is 9.72. The van der Waals surface area contributed by atoms with Gasteiger partial charge in [0.2, 0.25) is 5.13 Å². The molecule has 2 rings (SSSR count). The Hall–Kier alpha value is -2.61. The Kier molecular flexibility index (Phi) is 8.06. The van der Waals surface area contributed by atoms with E-state index in [-0.39, 0.29) is 18.5 Å². The zero-order valence-electron chi connectivity index (χ0n) is 16.0. The number of ether oxygens (including phenoxy) is 3. The molecule has 2 aromatic rings. The number of carbonyl (C=O) groups is 1. The number of esters is 1. The lowest BCUT2D eigenvalue weighted by atomic mass is 10.2. The Morgan fingerprint density at radius 3 is 2.81 bits per heavy atom. The van der Waals surface area contributed by atoms with E-state index in [1.807, 2.05) is 39.0 Å². The summed E-state index contributed by atoms with van der Waals surface area (Å²) in [6.07, 6.45) is 1.90. The van der Waals surface area contributed by atoms with Gasteiger partial charge in [-0.3, -0.25) is 10.2 Å². The van der Waals surface area contributed by atoms with Gasteiger partial charge in [-0.15, -0.1) is 11.3 Å². The lowest BCUT2D eigenvalue weighted by Gasteiger charge is -2.14. The molecular weight excluding hydrogens is 366 g/mol. The number of thiazole rings is 1. The molecule has 0 aliphatic carbocycles. The van der Waals surface area contributed by atoms with Crippen LogP contribution in [0.2, 0.25) is 0 Å². The summed E-state index contributed by atoms with van der Waals surface area (Å²) in [6, 6.07) is 5.65. The summed E-state index contributed by atoms with van der Waals surface area (Å²) in [5.74, 6) is 1.10. The van der Waals surface area contributed by atoms with E-state index in [9.17, 15) is 4.79 Å². The minimum absolute atomic E-state index is 0.0686. The van der Waals surface area contributed by atoms with Crippen molar-refractivity contribution in [3.05, 3.63) is 34.8 Å². The minimum Gasteiger partial charge on any atom is -0.490 e. The largest absolute Gasteiger partial charge is 0.490 e. The number of nitrogens with one attached hydrogen (secondary N) is 1. The lowest BCUT2D eigenvalue weighted by molar-refractivity contribution is -0.142. The van der Waals surface area contributed by atoms with E-state index in [4.69, 9.17) is 14.2 Å². The summed E-state index contributed by atoms with van der Waals surface area (Å²) in [4.78, 5) is 15.8. The fourth-order valence-electron chi connectivity index (χ4n) is 2.19. The maximum Gasteiger partial charge on any atom is 0.311 e. The van der Waals surface area contributed by atoms with Crippen molar-refractivity contribution in [2.24, 2.45) is 5.10 Å². The zero-order chi connectivity index (χ0) is 19.6. The molecule has 0 fully saturated rings. The summed E-state index contributed by atoms with van der Waals surface area (Å²) >= 11 is 1.38. The number of rotatable bonds is 10. The highest BCUT2D eigenvalue weighted by Gasteiger charge is 2.09. The Bertz CT molecular complexity index is 774. The normalized spacial score (nSPS) is 11.0. The highest BCUT2D eigenvalue weighted by molar-refractivity contribution is 7.13. The monoisotopic (exact) mass is 391 g/mol. The van der Waals surface area contributed by atoms with Gasteiger partial charge in [-0.1, -0.05) is 0 Å². The molecule has 0 aliphatic rings. The van der Waals surface area contributed by atoms with Crippen molar-refractivity contribution in [2.75, 3.05) is 18.6 Å². The highest BCUT2D eigenvalue weighted by atomic mass is 32.1. The van der Waals surface area contributed by atoms with Gasteiger partial charge in [0, 0.05) is 5.38 Å². The topological polar surface area (TPSA) is 82.0 Å². The van der Waals surface area contributed by atoms with Crippen LogP contribution < -0.4 is 14.9 Å². The number of hydrogen-bond donors (Lipinski definition) is 1. The van der Waals surface area contributed by atoms with Crippen molar-refractivity contribution >= 4 is 28.7 Å². The van der Waals surface area contributed by atoms with Crippen molar-refractivity contribution in [2.45, 2.75) is 40.2 Å². The van der Waals surface area contributed by atoms with Crippen LogP contribution in [0, 0.1) is 0 Å². The zero-order valence-corrected chi connectivity index (χ0v) is 16.8. The first-order chi connectivity index (χ1) is 13.0. The van der Waals surface area contributed by atoms with E-state index in [1.54, 1.807) is 18.5 Å². The lowest BCUT2D eigenvalue weighted by Crippen LogP contribution is -2.07. The fraction of sp³-hybridized carbons (Fsp3) is 0.421. The summed E-state index contributed by atoms with van der Waals surface area (Å²) in [7, 11) is 0. The van der Waals surface area contributed by atoms with Crippen LogP contribution >= 0.6 is 11.3 Å². The molecular formula is C19H25N3O4S. The highest BCUT2D eigenvalue weighted by Crippen LogP contribution is 2.29. The summed E-state index contributed by atoms with van der Waals surface area (Å²) in [5.41, 5.74) is 4.39. The van der Waals surface area contributed by atoms with Crippen molar-refractivity contribution in [3.8, 4) is 11.5 Å². The van der Waals surface area contributed by atoms with E-state index in [0.717, 1.165) is 5.56 Å². The van der Waals surface area contributed by atoms with Crippen LogP contribution in [-0.2, 0) is 16.0 Å². The molecule has 0 spiro atoms. The summed E-state index contributed by atoms with van der Waals surface area (Å²) in [6.45, 7) is 8.56. The Morgan fingerprint density at radius 1 is 1.30 bits per heavy atom. The standard InChI is InChI=1S/C19H25N3O4S/c1-5-24-17-9-14(7-8-16(17)26-13(3)4)11-20-22-19-21-15(12-27-19)10-18(23)25-6-2/h7-9,11-13H,5-6,10H2,1-4H3,(H,21,22)/b20-11-. The molecule has 0 aliphatic heterocycles. The Morgan fingerprint density at radius 2 is 2.11 bits per heavy atom. The van der Waals surface area contributed by atoms with Gasteiger partial charge in [0.05, 0.1) is 37.6 Å². The number of aromatic nitrogens is 1. The molecule has 0 radical (unpaired) electrons. The maximum absolute atomic E-state index is 11.5. The average molecular weight is 391 g/mol. The van der Waals surface area contributed by atoms with Gasteiger partial charge in [0.15, 0.2) is 11.5 Å². The van der Waals surface area contributed by atoms with Crippen LogP contribution in [0.3, 0.4) is 0 Å². The second-order valence-electron chi connectivity index (χ2n) is 5.80. The fourth-order valence-corrected chi connectivity index (χ4v) is 2.85. The molecule has 1 aromatic carbocycles. The van der Waals surface area contributed by atoms with Gasteiger partial charge in [0.1, 0.15) is 0 Å². The van der Waals surface area contributed by atoms with E-state index < -0.39 is 0 Å². The van der Waals surface area contributed by atoms with Gasteiger partial charge in [0.25, 0.3) is 0 Å². The number of hydrazone groups is 1. The first kappa shape index (κ1) is 20.7. The molecule has 1 heterocycles. The number of benzene rings is 1. The van der Waals surface area contributed by atoms with E-state index in [1.165, 1.54) is 11.3 Å². The van der Waals surface area contributed by atoms with Crippen LogP contribution in [0.25, 0.3) is 0 Å². The molecule has 0 saturated heterocycles. The van der Waals surface area contributed by atoms with Crippen molar-refractivity contribution in [1.29, 1.82) is 0 Å². The number of nitrogens with zero attached hydrogens (tertiary/aromatic N) is 2.